The molecule has 0 radical (unpaired) electrons. The van der Waals surface area contributed by atoms with Crippen LogP contribution in [0, 0.1) is 0 Å². The molecule has 0 aromatic heterocycles. The molecule has 62 valence electrons. The van der Waals surface area contributed by atoms with Crippen LogP contribution in [0.15, 0.2) is 4.99 Å². The molecular formula is C6H12N4O. The van der Waals surface area contributed by atoms with Gasteiger partial charge in [-0.25, -0.2) is 0 Å². The number of nitrogens with zero attached hydrogens (tertiary/aromatic N) is 1. The Bertz CT molecular complexity index is 189. The van der Waals surface area contributed by atoms with E-state index in [0.29, 0.717) is 5.96 Å². The number of carbonyl (C=O) groups is 1. The van der Waals surface area contributed by atoms with Crippen molar-refractivity contribution in [3.05, 3.63) is 0 Å². The van der Waals surface area contributed by atoms with Crippen molar-refractivity contribution in [2.45, 2.75) is 13.0 Å². The molecule has 0 saturated carbocycles. The Labute approximate surface area is 65.1 Å². The average Bonchev–Trinajstić information content (AvgIpc) is 2.39. The van der Waals surface area contributed by atoms with Crippen LogP contribution < -0.4 is 16.4 Å². The first-order valence-electron chi connectivity index (χ1n) is 3.54. The molecular weight excluding hydrogens is 144 g/mol. The molecule has 1 aliphatic rings. The van der Waals surface area contributed by atoms with Crippen LogP contribution in [-0.4, -0.2) is 31.0 Å². The van der Waals surface area contributed by atoms with Crippen molar-refractivity contribution in [2.75, 3.05) is 13.1 Å². The monoisotopic (exact) mass is 156 g/mol. The second-order valence-corrected chi connectivity index (χ2v) is 2.43. The van der Waals surface area contributed by atoms with Crippen molar-refractivity contribution in [1.82, 2.24) is 10.6 Å². The van der Waals surface area contributed by atoms with Crippen LogP contribution in [0.3, 0.4) is 0 Å². The quantitative estimate of drug-likeness (QED) is 0.451. The molecule has 1 amide bonds. The first-order chi connectivity index (χ1) is 5.20. The van der Waals surface area contributed by atoms with Gasteiger partial charge in [-0.15, -0.1) is 0 Å². The van der Waals surface area contributed by atoms with Crippen LogP contribution in [0.25, 0.3) is 0 Å². The fourth-order valence-electron chi connectivity index (χ4n) is 0.771. The van der Waals surface area contributed by atoms with Crippen molar-refractivity contribution >= 4 is 11.9 Å². The average molecular weight is 156 g/mol. The predicted octanol–water partition coefficient (Wildman–Crippen LogP) is -1.59. The molecule has 1 rings (SSSR count). The summed E-state index contributed by atoms with van der Waals surface area (Å²) in [6.45, 7) is 3.28. The van der Waals surface area contributed by atoms with Crippen LogP contribution in [-0.2, 0) is 4.79 Å². The molecule has 0 saturated heterocycles. The minimum absolute atomic E-state index is 0.362. The van der Waals surface area contributed by atoms with Gasteiger partial charge in [-0.3, -0.25) is 9.79 Å². The number of carbonyl (C=O) groups excluding carboxylic acids is 1. The topological polar surface area (TPSA) is 79.5 Å². The van der Waals surface area contributed by atoms with E-state index in [1.165, 1.54) is 0 Å². The highest BCUT2D eigenvalue weighted by Crippen LogP contribution is 1.84. The maximum atomic E-state index is 10.6. The van der Waals surface area contributed by atoms with Crippen LogP contribution in [0.2, 0.25) is 0 Å². The Kier molecular flexibility index (Phi) is 2.30. The lowest BCUT2D eigenvalue weighted by molar-refractivity contribution is -0.119. The zero-order chi connectivity index (χ0) is 8.27. The van der Waals surface area contributed by atoms with Crippen LogP contribution in [0.5, 0.6) is 0 Å². The smallest absolute Gasteiger partial charge is 0.239 e. The van der Waals surface area contributed by atoms with Gasteiger partial charge in [-0.1, -0.05) is 0 Å². The lowest BCUT2D eigenvalue weighted by Gasteiger charge is -2.10. The van der Waals surface area contributed by atoms with Crippen molar-refractivity contribution in [2.24, 2.45) is 10.7 Å². The number of rotatable bonds is 2. The standard InChI is InChI=1S/C6H12N4O/c1-4(5(7)11)10-6-8-2-3-9-6/h4H,2-3H2,1H3,(H2,7,11)(H2,8,9,10)/t4-/m0/s1. The molecule has 0 fully saturated rings. The predicted molar refractivity (Wildman–Crippen MR) is 42.1 cm³/mol. The summed E-state index contributed by atoms with van der Waals surface area (Å²) in [5, 5.41) is 5.82. The van der Waals surface area contributed by atoms with E-state index in [9.17, 15) is 4.79 Å². The number of amides is 1. The number of hydrogen-bond acceptors (Lipinski definition) is 4. The van der Waals surface area contributed by atoms with E-state index in [4.69, 9.17) is 5.73 Å². The highest BCUT2D eigenvalue weighted by atomic mass is 16.1. The minimum atomic E-state index is -0.374. The Balaban J connectivity index is 2.35. The molecule has 0 aromatic rings. The summed E-state index contributed by atoms with van der Waals surface area (Å²) in [6, 6.07) is -0.362. The maximum absolute atomic E-state index is 10.6. The molecule has 1 aliphatic heterocycles. The summed E-state index contributed by atoms with van der Waals surface area (Å²) in [6.07, 6.45) is 0. The third kappa shape index (κ3) is 2.10. The van der Waals surface area contributed by atoms with Gasteiger partial charge in [0.2, 0.25) is 5.91 Å². The molecule has 1 heterocycles. The molecule has 4 N–H and O–H groups in total. The van der Waals surface area contributed by atoms with E-state index >= 15 is 0 Å². The van der Waals surface area contributed by atoms with E-state index < -0.39 is 0 Å². The van der Waals surface area contributed by atoms with Crippen molar-refractivity contribution in [1.29, 1.82) is 0 Å². The fourth-order valence-corrected chi connectivity index (χ4v) is 0.771. The summed E-state index contributed by atoms with van der Waals surface area (Å²) in [5.41, 5.74) is 5.03. The van der Waals surface area contributed by atoms with Gasteiger partial charge in [0.1, 0.15) is 6.04 Å². The highest BCUT2D eigenvalue weighted by Gasteiger charge is 2.11. The lowest BCUT2D eigenvalue weighted by Crippen LogP contribution is -2.46. The summed E-state index contributed by atoms with van der Waals surface area (Å²) in [5.74, 6) is 0.290. The van der Waals surface area contributed by atoms with E-state index in [1.807, 2.05) is 0 Å². The summed E-state index contributed by atoms with van der Waals surface area (Å²) in [7, 11) is 0. The number of guanidine groups is 1. The number of nitrogens with two attached hydrogens (primary N) is 1. The third-order valence-corrected chi connectivity index (χ3v) is 1.45. The molecule has 0 bridgehead atoms. The Hall–Kier alpha value is -1.26. The summed E-state index contributed by atoms with van der Waals surface area (Å²) < 4.78 is 0. The first kappa shape index (κ1) is 7.84. The Morgan fingerprint density at radius 1 is 1.91 bits per heavy atom. The molecule has 5 heteroatoms. The lowest BCUT2D eigenvalue weighted by atomic mass is 10.3. The molecule has 1 atom stereocenters. The maximum Gasteiger partial charge on any atom is 0.239 e. The summed E-state index contributed by atoms with van der Waals surface area (Å²) in [4.78, 5) is 14.6. The van der Waals surface area contributed by atoms with Crippen LogP contribution in [0.1, 0.15) is 6.92 Å². The van der Waals surface area contributed by atoms with Gasteiger partial charge in [0.05, 0.1) is 6.54 Å². The number of primary amides is 1. The van der Waals surface area contributed by atoms with Gasteiger partial charge in [-0.2, -0.15) is 0 Å². The zero-order valence-corrected chi connectivity index (χ0v) is 6.42. The van der Waals surface area contributed by atoms with Gasteiger partial charge in [0.15, 0.2) is 5.96 Å². The Morgan fingerprint density at radius 2 is 2.64 bits per heavy atom. The second kappa shape index (κ2) is 3.23. The molecule has 0 aliphatic carbocycles. The van der Waals surface area contributed by atoms with Gasteiger partial charge in [0.25, 0.3) is 0 Å². The second-order valence-electron chi connectivity index (χ2n) is 2.43. The third-order valence-electron chi connectivity index (χ3n) is 1.45. The molecule has 11 heavy (non-hydrogen) atoms. The largest absolute Gasteiger partial charge is 0.368 e. The molecule has 0 unspecified atom stereocenters. The first-order valence-corrected chi connectivity index (χ1v) is 3.54. The van der Waals surface area contributed by atoms with E-state index in [2.05, 4.69) is 15.6 Å². The van der Waals surface area contributed by atoms with E-state index in [-0.39, 0.29) is 11.9 Å². The van der Waals surface area contributed by atoms with Crippen LogP contribution in [0.4, 0.5) is 0 Å². The molecule has 0 aromatic carbocycles. The molecule has 5 nitrogen and oxygen atoms in total. The van der Waals surface area contributed by atoms with Gasteiger partial charge in [0, 0.05) is 6.54 Å². The van der Waals surface area contributed by atoms with Crippen LogP contribution >= 0.6 is 0 Å². The zero-order valence-electron chi connectivity index (χ0n) is 6.42. The number of hydrogen-bond donors (Lipinski definition) is 3. The van der Waals surface area contributed by atoms with Crippen molar-refractivity contribution in [3.63, 3.8) is 0 Å². The van der Waals surface area contributed by atoms with Gasteiger partial charge < -0.3 is 16.4 Å². The normalized spacial score (nSPS) is 18.5. The Morgan fingerprint density at radius 3 is 3.09 bits per heavy atom. The van der Waals surface area contributed by atoms with Gasteiger partial charge in [-0.05, 0) is 6.92 Å². The van der Waals surface area contributed by atoms with Crippen molar-refractivity contribution in [3.8, 4) is 0 Å². The van der Waals surface area contributed by atoms with E-state index in [0.717, 1.165) is 13.1 Å². The van der Waals surface area contributed by atoms with Crippen molar-refractivity contribution < 1.29 is 4.79 Å². The molecule has 0 spiro atoms. The fraction of sp³-hybridized carbons (Fsp3) is 0.667. The SMILES string of the molecule is C[C@H](NC1=NCCN1)C(N)=O. The highest BCUT2D eigenvalue weighted by molar-refractivity contribution is 5.88. The summed E-state index contributed by atoms with van der Waals surface area (Å²) >= 11 is 0. The van der Waals surface area contributed by atoms with Gasteiger partial charge >= 0.3 is 0 Å². The van der Waals surface area contributed by atoms with E-state index in [1.54, 1.807) is 6.92 Å². The number of aliphatic imine (C=N–C) groups is 1. The minimum Gasteiger partial charge on any atom is -0.368 e. The number of nitrogens with one attached hydrogen (secondary N) is 2.